The van der Waals surface area contributed by atoms with Crippen LogP contribution in [0.1, 0.15) is 51.2 Å². The van der Waals surface area contributed by atoms with Crippen molar-refractivity contribution >= 4 is 0 Å². The first kappa shape index (κ1) is 10.6. The van der Waals surface area contributed by atoms with Gasteiger partial charge in [-0.15, -0.1) is 0 Å². The lowest BCUT2D eigenvalue weighted by Crippen LogP contribution is -2.38. The quantitative estimate of drug-likeness (QED) is 0.816. The first-order valence-electron chi connectivity index (χ1n) is 5.71. The van der Waals surface area contributed by atoms with Gasteiger partial charge in [-0.05, 0) is 33.2 Å². The molecule has 1 N–H and O–H groups in total. The van der Waals surface area contributed by atoms with Gasteiger partial charge >= 0.3 is 0 Å². The Morgan fingerprint density at radius 3 is 2.67 bits per heavy atom. The number of nitrogens with one attached hydrogen (secondary N) is 1. The zero-order valence-corrected chi connectivity index (χ0v) is 10.0. The minimum absolute atomic E-state index is 0.0936. The van der Waals surface area contributed by atoms with Crippen LogP contribution in [0.3, 0.4) is 0 Å². The number of hydrogen-bond acceptors (Lipinski definition) is 3. The monoisotopic (exact) mass is 208 g/mol. The summed E-state index contributed by atoms with van der Waals surface area (Å²) in [5.41, 5.74) is -0.0936. The van der Waals surface area contributed by atoms with Crippen molar-refractivity contribution in [2.45, 2.75) is 45.1 Å². The molecule has 0 bridgehead atoms. The van der Waals surface area contributed by atoms with E-state index in [2.05, 4.69) is 36.2 Å². The van der Waals surface area contributed by atoms with E-state index >= 15 is 0 Å². The molecule has 15 heavy (non-hydrogen) atoms. The van der Waals surface area contributed by atoms with Crippen LogP contribution in [0.15, 0.2) is 0 Å². The first-order valence-corrected chi connectivity index (χ1v) is 5.71. The molecule has 1 aliphatic rings. The van der Waals surface area contributed by atoms with E-state index in [0.29, 0.717) is 5.92 Å². The van der Waals surface area contributed by atoms with E-state index in [1.807, 2.05) is 11.7 Å². The third-order valence-corrected chi connectivity index (χ3v) is 2.90. The Morgan fingerprint density at radius 2 is 2.13 bits per heavy atom. The van der Waals surface area contributed by atoms with Crippen molar-refractivity contribution in [1.82, 2.24) is 20.1 Å². The highest BCUT2D eigenvalue weighted by molar-refractivity contribution is 5.10. The lowest BCUT2D eigenvalue weighted by atomic mass is 10.1. The van der Waals surface area contributed by atoms with Crippen molar-refractivity contribution in [3.63, 3.8) is 0 Å². The summed E-state index contributed by atoms with van der Waals surface area (Å²) in [7, 11) is 1.98. The van der Waals surface area contributed by atoms with Gasteiger partial charge in [0.05, 0.1) is 5.54 Å². The molecule has 0 spiro atoms. The number of nitrogens with zero attached hydrogens (tertiary/aromatic N) is 3. The van der Waals surface area contributed by atoms with Gasteiger partial charge in [0.1, 0.15) is 5.82 Å². The molecule has 4 heteroatoms. The Hall–Kier alpha value is -0.900. The molecule has 1 heterocycles. The van der Waals surface area contributed by atoms with Gasteiger partial charge in [-0.25, -0.2) is 4.98 Å². The van der Waals surface area contributed by atoms with E-state index < -0.39 is 0 Å². The van der Waals surface area contributed by atoms with E-state index in [9.17, 15) is 0 Å². The van der Waals surface area contributed by atoms with Gasteiger partial charge in [0.15, 0.2) is 5.82 Å². The topological polar surface area (TPSA) is 42.7 Å². The molecule has 0 aliphatic heterocycles. The second-order valence-electron chi connectivity index (χ2n) is 4.85. The van der Waals surface area contributed by atoms with Gasteiger partial charge in [-0.2, -0.15) is 5.10 Å². The maximum atomic E-state index is 4.65. The molecular weight excluding hydrogens is 188 g/mol. The summed E-state index contributed by atoms with van der Waals surface area (Å²) >= 11 is 0. The van der Waals surface area contributed by atoms with Crippen molar-refractivity contribution < 1.29 is 0 Å². The van der Waals surface area contributed by atoms with Crippen molar-refractivity contribution in [1.29, 1.82) is 0 Å². The lowest BCUT2D eigenvalue weighted by molar-refractivity contribution is 0.375. The first-order chi connectivity index (χ1) is 7.04. The smallest absolute Gasteiger partial charge is 0.154 e. The molecule has 0 atom stereocenters. The Kier molecular flexibility index (Phi) is 2.54. The molecule has 0 unspecified atom stereocenters. The van der Waals surface area contributed by atoms with Gasteiger partial charge in [0.2, 0.25) is 0 Å². The second-order valence-corrected chi connectivity index (χ2v) is 4.85. The number of aryl methyl sites for hydroxylation is 1. The maximum absolute atomic E-state index is 4.65. The van der Waals surface area contributed by atoms with Crippen LogP contribution in [0.5, 0.6) is 0 Å². The third-order valence-electron chi connectivity index (χ3n) is 2.90. The van der Waals surface area contributed by atoms with Crippen LogP contribution >= 0.6 is 0 Å². The molecule has 1 fully saturated rings. The van der Waals surface area contributed by atoms with Crippen molar-refractivity contribution in [2.75, 3.05) is 6.54 Å². The zero-order chi connectivity index (χ0) is 11.1. The molecule has 84 valence electrons. The zero-order valence-electron chi connectivity index (χ0n) is 10.0. The Bertz CT molecular complexity index is 349. The lowest BCUT2D eigenvalue weighted by Gasteiger charge is -2.24. The standard InChI is InChI=1S/C11H20N4/c1-5-12-11(2,3)10-13-9(8-6-7-8)14-15(10)4/h8,12H,5-7H2,1-4H3. The summed E-state index contributed by atoms with van der Waals surface area (Å²) in [6.07, 6.45) is 2.51. The average molecular weight is 208 g/mol. The van der Waals surface area contributed by atoms with Gasteiger partial charge in [-0.1, -0.05) is 6.92 Å². The van der Waals surface area contributed by atoms with E-state index in [1.165, 1.54) is 12.8 Å². The minimum Gasteiger partial charge on any atom is -0.306 e. The van der Waals surface area contributed by atoms with Crippen LogP contribution in [0.2, 0.25) is 0 Å². The van der Waals surface area contributed by atoms with Crippen LogP contribution < -0.4 is 5.32 Å². The molecule has 0 saturated heterocycles. The number of rotatable bonds is 4. The van der Waals surface area contributed by atoms with Crippen molar-refractivity contribution in [2.24, 2.45) is 7.05 Å². The second kappa shape index (κ2) is 3.59. The molecule has 1 aliphatic carbocycles. The fraction of sp³-hybridized carbons (Fsp3) is 0.818. The fourth-order valence-corrected chi connectivity index (χ4v) is 1.98. The molecule has 1 saturated carbocycles. The summed E-state index contributed by atoms with van der Waals surface area (Å²) in [6, 6.07) is 0. The van der Waals surface area contributed by atoms with Crippen LogP contribution in [-0.2, 0) is 12.6 Å². The normalized spacial score (nSPS) is 17.1. The SMILES string of the molecule is CCNC(C)(C)c1nc(C2CC2)nn1C. The van der Waals surface area contributed by atoms with E-state index in [0.717, 1.165) is 18.2 Å². The summed E-state index contributed by atoms with van der Waals surface area (Å²) in [4.78, 5) is 4.65. The summed E-state index contributed by atoms with van der Waals surface area (Å²) < 4.78 is 1.91. The summed E-state index contributed by atoms with van der Waals surface area (Å²) in [5.74, 6) is 2.69. The average Bonchev–Trinajstić information content (AvgIpc) is 2.90. The molecule has 0 radical (unpaired) electrons. The number of aromatic nitrogens is 3. The van der Waals surface area contributed by atoms with Crippen molar-refractivity contribution in [3.05, 3.63) is 11.6 Å². The molecule has 0 aromatic carbocycles. The fourth-order valence-electron chi connectivity index (χ4n) is 1.98. The predicted octanol–water partition coefficient (Wildman–Crippen LogP) is 1.54. The van der Waals surface area contributed by atoms with E-state index in [4.69, 9.17) is 0 Å². The largest absolute Gasteiger partial charge is 0.306 e. The highest BCUT2D eigenvalue weighted by Crippen LogP contribution is 2.38. The highest BCUT2D eigenvalue weighted by Gasteiger charge is 2.32. The Balaban J connectivity index is 2.26. The minimum atomic E-state index is -0.0936. The molecule has 1 aromatic rings. The molecule has 0 amide bonds. The Morgan fingerprint density at radius 1 is 1.47 bits per heavy atom. The van der Waals surface area contributed by atoms with Gasteiger partial charge in [0.25, 0.3) is 0 Å². The van der Waals surface area contributed by atoms with Crippen LogP contribution in [0.25, 0.3) is 0 Å². The third kappa shape index (κ3) is 2.04. The molecular formula is C11H20N4. The van der Waals surface area contributed by atoms with Gasteiger partial charge in [0, 0.05) is 13.0 Å². The van der Waals surface area contributed by atoms with Crippen LogP contribution in [0.4, 0.5) is 0 Å². The summed E-state index contributed by atoms with van der Waals surface area (Å²) in [5, 5.41) is 7.92. The van der Waals surface area contributed by atoms with E-state index in [-0.39, 0.29) is 5.54 Å². The van der Waals surface area contributed by atoms with Gasteiger partial charge in [-0.3, -0.25) is 4.68 Å². The predicted molar refractivity (Wildman–Crippen MR) is 59.7 cm³/mol. The highest BCUT2D eigenvalue weighted by atomic mass is 15.4. The van der Waals surface area contributed by atoms with Crippen LogP contribution in [0, 0.1) is 0 Å². The molecule has 2 rings (SSSR count). The van der Waals surface area contributed by atoms with E-state index in [1.54, 1.807) is 0 Å². The maximum Gasteiger partial charge on any atom is 0.154 e. The Labute approximate surface area is 91.1 Å². The van der Waals surface area contributed by atoms with Gasteiger partial charge < -0.3 is 5.32 Å². The van der Waals surface area contributed by atoms with Crippen LogP contribution in [-0.4, -0.2) is 21.3 Å². The van der Waals surface area contributed by atoms with Crippen molar-refractivity contribution in [3.8, 4) is 0 Å². The molecule has 1 aromatic heterocycles. The number of hydrogen-bond donors (Lipinski definition) is 1. The molecule has 4 nitrogen and oxygen atoms in total. The summed E-state index contributed by atoms with van der Waals surface area (Å²) in [6.45, 7) is 7.35.